The largest absolute Gasteiger partial charge is 0.396 e. The molecule has 0 saturated carbocycles. The first-order valence-corrected chi connectivity index (χ1v) is 7.67. The van der Waals surface area contributed by atoms with Crippen molar-refractivity contribution in [1.82, 2.24) is 5.32 Å². The number of halogens is 2. The number of hydrogen-bond donors (Lipinski definition) is 2. The lowest BCUT2D eigenvalue weighted by molar-refractivity contribution is -0.121. The second kappa shape index (κ2) is 8.40. The smallest absolute Gasteiger partial charge is 0.224 e. The SMILES string of the molecule is CSCC(CCO)NC(=O)Cc1c(F)cccc1Cl. The lowest BCUT2D eigenvalue weighted by atomic mass is 10.1. The highest BCUT2D eigenvalue weighted by Gasteiger charge is 2.15. The van der Waals surface area contributed by atoms with Gasteiger partial charge < -0.3 is 10.4 Å². The molecule has 6 heteroatoms. The monoisotopic (exact) mass is 305 g/mol. The second-order valence-corrected chi connectivity index (χ2v) is 5.43. The molecule has 0 fully saturated rings. The maximum Gasteiger partial charge on any atom is 0.224 e. The maximum atomic E-state index is 13.5. The fourth-order valence-electron chi connectivity index (χ4n) is 1.69. The third-order valence-corrected chi connectivity index (χ3v) is 3.70. The zero-order valence-corrected chi connectivity index (χ0v) is 12.2. The number of hydrogen-bond acceptors (Lipinski definition) is 3. The van der Waals surface area contributed by atoms with Crippen LogP contribution in [0.2, 0.25) is 5.02 Å². The van der Waals surface area contributed by atoms with Crippen molar-refractivity contribution in [3.05, 3.63) is 34.6 Å². The van der Waals surface area contributed by atoms with Crippen LogP contribution >= 0.6 is 23.4 Å². The molecule has 1 aromatic carbocycles. The van der Waals surface area contributed by atoms with Crippen LogP contribution in [0.4, 0.5) is 4.39 Å². The van der Waals surface area contributed by atoms with Gasteiger partial charge in [0, 0.05) is 29.0 Å². The molecule has 2 N–H and O–H groups in total. The molecule has 0 aliphatic heterocycles. The topological polar surface area (TPSA) is 49.3 Å². The second-order valence-electron chi connectivity index (χ2n) is 4.11. The van der Waals surface area contributed by atoms with Crippen LogP contribution in [0.25, 0.3) is 0 Å². The van der Waals surface area contributed by atoms with E-state index >= 15 is 0 Å². The lowest BCUT2D eigenvalue weighted by Crippen LogP contribution is -2.38. The van der Waals surface area contributed by atoms with Crippen LogP contribution in [0, 0.1) is 5.82 Å². The van der Waals surface area contributed by atoms with E-state index in [1.807, 2.05) is 6.26 Å². The molecule has 1 unspecified atom stereocenters. The Morgan fingerprint density at radius 1 is 1.58 bits per heavy atom. The minimum atomic E-state index is -0.480. The molecule has 106 valence electrons. The van der Waals surface area contributed by atoms with Crippen LogP contribution in [0.5, 0.6) is 0 Å². The molecule has 0 heterocycles. The highest BCUT2D eigenvalue weighted by Crippen LogP contribution is 2.19. The first-order valence-electron chi connectivity index (χ1n) is 5.90. The number of rotatable bonds is 7. The Morgan fingerprint density at radius 2 is 2.32 bits per heavy atom. The quantitative estimate of drug-likeness (QED) is 0.812. The zero-order valence-electron chi connectivity index (χ0n) is 10.7. The van der Waals surface area contributed by atoms with Crippen LogP contribution in [-0.4, -0.2) is 35.7 Å². The summed E-state index contributed by atoms with van der Waals surface area (Å²) >= 11 is 7.45. The van der Waals surface area contributed by atoms with Crippen molar-refractivity contribution in [2.24, 2.45) is 0 Å². The van der Waals surface area contributed by atoms with E-state index in [2.05, 4.69) is 5.32 Å². The molecule has 0 aliphatic carbocycles. The van der Waals surface area contributed by atoms with Crippen LogP contribution < -0.4 is 5.32 Å². The molecule has 0 aliphatic rings. The van der Waals surface area contributed by atoms with Crippen molar-refractivity contribution in [2.75, 3.05) is 18.6 Å². The normalized spacial score (nSPS) is 12.2. The van der Waals surface area contributed by atoms with Gasteiger partial charge in [0.25, 0.3) is 0 Å². The van der Waals surface area contributed by atoms with Crippen LogP contribution in [0.1, 0.15) is 12.0 Å². The highest BCUT2D eigenvalue weighted by molar-refractivity contribution is 7.98. The van der Waals surface area contributed by atoms with Crippen molar-refractivity contribution in [2.45, 2.75) is 18.9 Å². The number of benzene rings is 1. The van der Waals surface area contributed by atoms with E-state index in [-0.39, 0.29) is 35.6 Å². The summed E-state index contributed by atoms with van der Waals surface area (Å²) in [6.45, 7) is 0.00591. The Labute approximate surface area is 121 Å². The number of carbonyl (C=O) groups excluding carboxylic acids is 1. The van der Waals surface area contributed by atoms with Gasteiger partial charge in [0.15, 0.2) is 0 Å². The number of nitrogens with one attached hydrogen (secondary N) is 1. The lowest BCUT2D eigenvalue weighted by Gasteiger charge is -2.17. The van der Waals surface area contributed by atoms with Crippen molar-refractivity contribution in [1.29, 1.82) is 0 Å². The molecule has 0 bridgehead atoms. The van der Waals surface area contributed by atoms with E-state index < -0.39 is 5.82 Å². The number of carbonyl (C=O) groups is 1. The van der Waals surface area contributed by atoms with E-state index in [1.54, 1.807) is 17.8 Å². The summed E-state index contributed by atoms with van der Waals surface area (Å²) in [6, 6.07) is 4.22. The molecule has 0 radical (unpaired) electrons. The molecule has 1 rings (SSSR count). The van der Waals surface area contributed by atoms with E-state index in [0.29, 0.717) is 12.2 Å². The Kier molecular flexibility index (Phi) is 7.20. The molecule has 1 amide bonds. The summed E-state index contributed by atoms with van der Waals surface area (Å²) < 4.78 is 13.5. The summed E-state index contributed by atoms with van der Waals surface area (Å²) in [6.07, 6.45) is 2.31. The van der Waals surface area contributed by atoms with Crippen molar-refractivity contribution in [3.8, 4) is 0 Å². The predicted octanol–water partition coefficient (Wildman–Crippen LogP) is 2.25. The Hall–Kier alpha value is -0.780. The van der Waals surface area contributed by atoms with Gasteiger partial charge in [-0.1, -0.05) is 17.7 Å². The number of aliphatic hydroxyl groups is 1. The fourth-order valence-corrected chi connectivity index (χ4v) is 2.58. The average molecular weight is 306 g/mol. The van der Waals surface area contributed by atoms with Gasteiger partial charge in [0.2, 0.25) is 5.91 Å². The number of amides is 1. The summed E-state index contributed by atoms with van der Waals surface area (Å²) in [5, 5.41) is 11.9. The molecule has 0 saturated heterocycles. The van der Waals surface area contributed by atoms with Crippen LogP contribution in [0.15, 0.2) is 18.2 Å². The standard InChI is InChI=1S/C13H17ClFNO2S/c1-19-8-9(5-6-17)16-13(18)7-10-11(14)3-2-4-12(10)15/h2-4,9,17H,5-8H2,1H3,(H,16,18). The predicted molar refractivity (Wildman–Crippen MR) is 77.1 cm³/mol. The van der Waals surface area contributed by atoms with E-state index in [0.717, 1.165) is 0 Å². The van der Waals surface area contributed by atoms with E-state index in [1.165, 1.54) is 12.1 Å². The molecular formula is C13H17ClFNO2S. The van der Waals surface area contributed by atoms with Gasteiger partial charge in [-0.05, 0) is 24.8 Å². The molecule has 3 nitrogen and oxygen atoms in total. The summed E-state index contributed by atoms with van der Waals surface area (Å²) in [5.41, 5.74) is 0.202. The van der Waals surface area contributed by atoms with Gasteiger partial charge in [0.05, 0.1) is 6.42 Å². The minimum absolute atomic E-state index is 0.00591. The molecule has 0 spiro atoms. The number of aliphatic hydroxyl groups excluding tert-OH is 1. The van der Waals surface area contributed by atoms with Gasteiger partial charge in [-0.2, -0.15) is 11.8 Å². The Balaban J connectivity index is 2.63. The van der Waals surface area contributed by atoms with Gasteiger partial charge in [0.1, 0.15) is 5.82 Å². The summed E-state index contributed by atoms with van der Waals surface area (Å²) in [5.74, 6) is -0.0668. The summed E-state index contributed by atoms with van der Waals surface area (Å²) in [7, 11) is 0. The molecule has 1 atom stereocenters. The minimum Gasteiger partial charge on any atom is -0.396 e. The van der Waals surface area contributed by atoms with Gasteiger partial charge in [-0.3, -0.25) is 4.79 Å². The van der Waals surface area contributed by atoms with Crippen LogP contribution in [-0.2, 0) is 11.2 Å². The summed E-state index contributed by atoms with van der Waals surface area (Å²) in [4.78, 5) is 11.8. The molecule has 0 aromatic heterocycles. The molecular weight excluding hydrogens is 289 g/mol. The zero-order chi connectivity index (χ0) is 14.3. The molecule has 19 heavy (non-hydrogen) atoms. The maximum absolute atomic E-state index is 13.5. The van der Waals surface area contributed by atoms with Crippen molar-refractivity contribution < 1.29 is 14.3 Å². The van der Waals surface area contributed by atoms with Gasteiger partial charge >= 0.3 is 0 Å². The van der Waals surface area contributed by atoms with Crippen molar-refractivity contribution >= 4 is 29.3 Å². The third kappa shape index (κ3) is 5.38. The molecule has 1 aromatic rings. The fraction of sp³-hybridized carbons (Fsp3) is 0.462. The first-order chi connectivity index (χ1) is 9.08. The first kappa shape index (κ1) is 16.3. The van der Waals surface area contributed by atoms with Crippen LogP contribution in [0.3, 0.4) is 0 Å². The van der Waals surface area contributed by atoms with Gasteiger partial charge in [-0.15, -0.1) is 0 Å². The van der Waals surface area contributed by atoms with Crippen molar-refractivity contribution in [3.63, 3.8) is 0 Å². The number of thioether (sulfide) groups is 1. The average Bonchev–Trinajstić information content (AvgIpc) is 2.35. The van der Waals surface area contributed by atoms with E-state index in [9.17, 15) is 9.18 Å². The van der Waals surface area contributed by atoms with Gasteiger partial charge in [-0.25, -0.2) is 4.39 Å². The van der Waals surface area contributed by atoms with E-state index in [4.69, 9.17) is 16.7 Å². The Bertz CT molecular complexity index is 405. The Morgan fingerprint density at radius 3 is 2.89 bits per heavy atom. The third-order valence-electron chi connectivity index (χ3n) is 2.61. The highest BCUT2D eigenvalue weighted by atomic mass is 35.5.